The molecule has 6 heteroatoms. The molecule has 0 amide bonds. The summed E-state index contributed by atoms with van der Waals surface area (Å²) in [6.45, 7) is 0. The monoisotopic (exact) mass is 332 g/mol. The Labute approximate surface area is 144 Å². The zero-order chi connectivity index (χ0) is 17.4. The molecule has 4 aromatic rings. The van der Waals surface area contributed by atoms with Gasteiger partial charge in [0.2, 0.25) is 0 Å². The van der Waals surface area contributed by atoms with Gasteiger partial charge in [0.1, 0.15) is 6.33 Å². The molecule has 2 aromatic heterocycles. The van der Waals surface area contributed by atoms with Crippen molar-refractivity contribution < 1.29 is 9.90 Å². The van der Waals surface area contributed by atoms with Crippen LogP contribution in [-0.4, -0.2) is 30.4 Å². The van der Waals surface area contributed by atoms with E-state index in [1.54, 1.807) is 11.0 Å². The van der Waals surface area contributed by atoms with Gasteiger partial charge >= 0.3 is 5.97 Å². The van der Waals surface area contributed by atoms with Crippen LogP contribution in [0.4, 0.5) is 0 Å². The molecule has 0 saturated heterocycles. The van der Waals surface area contributed by atoms with Crippen molar-refractivity contribution >= 4 is 17.0 Å². The first-order valence-corrected chi connectivity index (χ1v) is 7.87. The minimum atomic E-state index is -0.830. The Balaban J connectivity index is 1.70. The van der Waals surface area contributed by atoms with E-state index >= 15 is 0 Å². The number of carbonyl (C=O) groups is 1. The van der Waals surface area contributed by atoms with Crippen molar-refractivity contribution in [2.45, 2.75) is 6.42 Å². The molecule has 0 bridgehead atoms. The average molecular weight is 332 g/mol. The van der Waals surface area contributed by atoms with E-state index in [1.165, 1.54) is 0 Å². The van der Waals surface area contributed by atoms with Gasteiger partial charge in [0.25, 0.3) is 0 Å². The minimum absolute atomic E-state index is 0.0272. The highest BCUT2D eigenvalue weighted by molar-refractivity contribution is 5.83. The molecule has 0 aliphatic heterocycles. The molecule has 2 heterocycles. The lowest BCUT2D eigenvalue weighted by Gasteiger charge is -2.06. The number of aryl methyl sites for hydroxylation is 1. The van der Waals surface area contributed by atoms with Gasteiger partial charge in [0.05, 0.1) is 23.7 Å². The van der Waals surface area contributed by atoms with E-state index in [1.807, 2.05) is 60.4 Å². The Morgan fingerprint density at radius 1 is 1.12 bits per heavy atom. The van der Waals surface area contributed by atoms with Gasteiger partial charge in [-0.15, -0.1) is 0 Å². The molecule has 2 aromatic carbocycles. The highest BCUT2D eigenvalue weighted by Gasteiger charge is 2.08. The van der Waals surface area contributed by atoms with Crippen molar-refractivity contribution in [2.75, 3.05) is 0 Å². The highest BCUT2D eigenvalue weighted by Crippen LogP contribution is 2.25. The van der Waals surface area contributed by atoms with Gasteiger partial charge in [0.15, 0.2) is 0 Å². The second-order valence-electron chi connectivity index (χ2n) is 5.96. The number of nitrogens with zero attached hydrogens (tertiary/aromatic N) is 4. The van der Waals surface area contributed by atoms with E-state index in [9.17, 15) is 4.79 Å². The number of carboxylic acids is 1. The van der Waals surface area contributed by atoms with Gasteiger partial charge in [0, 0.05) is 24.5 Å². The van der Waals surface area contributed by atoms with Crippen molar-refractivity contribution in [3.8, 4) is 16.8 Å². The summed E-state index contributed by atoms with van der Waals surface area (Å²) < 4.78 is 3.77. The van der Waals surface area contributed by atoms with Crippen LogP contribution in [0.25, 0.3) is 27.8 Å². The largest absolute Gasteiger partial charge is 0.481 e. The van der Waals surface area contributed by atoms with Crippen LogP contribution in [0.2, 0.25) is 0 Å². The minimum Gasteiger partial charge on any atom is -0.481 e. The second kappa shape index (κ2) is 5.90. The van der Waals surface area contributed by atoms with E-state index in [2.05, 4.69) is 16.1 Å². The molecule has 0 radical (unpaired) electrons. The Morgan fingerprint density at radius 3 is 2.60 bits per heavy atom. The molecular weight excluding hydrogens is 316 g/mol. The van der Waals surface area contributed by atoms with E-state index in [-0.39, 0.29) is 6.42 Å². The standard InChI is InChI=1S/C19H16N4O2/c1-22-11-15(10-21-22)14-4-7-18-17(9-14)20-12-23(18)16-5-2-13(3-6-16)8-19(24)25/h2-7,9-12H,8H2,1H3,(H,24,25). The fraction of sp³-hybridized carbons (Fsp3) is 0.105. The summed E-state index contributed by atoms with van der Waals surface area (Å²) >= 11 is 0. The van der Waals surface area contributed by atoms with Crippen LogP contribution in [0.1, 0.15) is 5.56 Å². The maximum absolute atomic E-state index is 10.8. The van der Waals surface area contributed by atoms with E-state index in [0.717, 1.165) is 33.4 Å². The van der Waals surface area contributed by atoms with Crippen LogP contribution < -0.4 is 0 Å². The van der Waals surface area contributed by atoms with Gasteiger partial charge in [-0.2, -0.15) is 5.10 Å². The lowest BCUT2D eigenvalue weighted by molar-refractivity contribution is -0.136. The third-order valence-corrected chi connectivity index (χ3v) is 4.16. The number of imidazole rings is 1. The van der Waals surface area contributed by atoms with Crippen molar-refractivity contribution in [2.24, 2.45) is 7.05 Å². The Morgan fingerprint density at radius 2 is 1.92 bits per heavy atom. The summed E-state index contributed by atoms with van der Waals surface area (Å²) in [4.78, 5) is 15.3. The first kappa shape index (κ1) is 15.1. The molecule has 0 saturated carbocycles. The lowest BCUT2D eigenvalue weighted by Crippen LogP contribution is -2.00. The van der Waals surface area contributed by atoms with Crippen LogP contribution in [0.15, 0.2) is 61.2 Å². The molecule has 0 fully saturated rings. The average Bonchev–Trinajstić information content (AvgIpc) is 3.21. The molecule has 4 rings (SSSR count). The van der Waals surface area contributed by atoms with Crippen LogP contribution in [0, 0.1) is 0 Å². The molecule has 1 N–H and O–H groups in total. The fourth-order valence-corrected chi connectivity index (χ4v) is 2.92. The molecule has 0 spiro atoms. The lowest BCUT2D eigenvalue weighted by atomic mass is 10.1. The van der Waals surface area contributed by atoms with Gasteiger partial charge < -0.3 is 5.11 Å². The van der Waals surface area contributed by atoms with Gasteiger partial charge in [-0.3, -0.25) is 14.0 Å². The second-order valence-corrected chi connectivity index (χ2v) is 5.96. The smallest absolute Gasteiger partial charge is 0.307 e. The normalized spacial score (nSPS) is 11.1. The topological polar surface area (TPSA) is 72.9 Å². The number of hydrogen-bond donors (Lipinski definition) is 1. The molecule has 25 heavy (non-hydrogen) atoms. The Bertz CT molecular complexity index is 1060. The quantitative estimate of drug-likeness (QED) is 0.623. The molecule has 0 aliphatic carbocycles. The van der Waals surface area contributed by atoms with Gasteiger partial charge in [-0.25, -0.2) is 4.98 Å². The molecular formula is C19H16N4O2. The summed E-state index contributed by atoms with van der Waals surface area (Å²) in [7, 11) is 1.89. The van der Waals surface area contributed by atoms with Crippen molar-refractivity contribution in [1.82, 2.24) is 19.3 Å². The molecule has 0 atom stereocenters. The van der Waals surface area contributed by atoms with Crippen molar-refractivity contribution in [3.05, 3.63) is 66.7 Å². The van der Waals surface area contributed by atoms with Crippen molar-refractivity contribution in [3.63, 3.8) is 0 Å². The summed E-state index contributed by atoms with van der Waals surface area (Å²) in [6.07, 6.45) is 5.61. The summed E-state index contributed by atoms with van der Waals surface area (Å²) in [6, 6.07) is 13.6. The van der Waals surface area contributed by atoms with Crippen LogP contribution in [-0.2, 0) is 18.3 Å². The predicted octanol–water partition coefficient (Wildman–Crippen LogP) is 3.05. The summed E-state index contributed by atoms with van der Waals surface area (Å²) in [5.41, 5.74) is 5.75. The first-order valence-electron chi connectivity index (χ1n) is 7.87. The van der Waals surface area contributed by atoms with E-state index in [0.29, 0.717) is 0 Å². The number of carboxylic acid groups (broad SMARTS) is 1. The van der Waals surface area contributed by atoms with E-state index < -0.39 is 5.97 Å². The Hall–Kier alpha value is -3.41. The number of aromatic nitrogens is 4. The SMILES string of the molecule is Cn1cc(-c2ccc3c(c2)ncn3-c2ccc(CC(=O)O)cc2)cn1. The van der Waals surface area contributed by atoms with Crippen molar-refractivity contribution in [1.29, 1.82) is 0 Å². The predicted molar refractivity (Wildman–Crippen MR) is 94.6 cm³/mol. The Kier molecular flexibility index (Phi) is 3.57. The maximum atomic E-state index is 10.8. The zero-order valence-electron chi connectivity index (χ0n) is 13.6. The first-order chi connectivity index (χ1) is 12.1. The van der Waals surface area contributed by atoms with Crippen LogP contribution in [0.3, 0.4) is 0 Å². The number of hydrogen-bond acceptors (Lipinski definition) is 3. The number of aliphatic carboxylic acids is 1. The number of rotatable bonds is 4. The van der Waals surface area contributed by atoms with Crippen LogP contribution in [0.5, 0.6) is 0 Å². The summed E-state index contributed by atoms with van der Waals surface area (Å²) in [5, 5.41) is 13.1. The highest BCUT2D eigenvalue weighted by atomic mass is 16.4. The number of benzene rings is 2. The molecule has 124 valence electrons. The fourth-order valence-electron chi connectivity index (χ4n) is 2.92. The number of fused-ring (bicyclic) bond motifs is 1. The van der Waals surface area contributed by atoms with Crippen LogP contribution >= 0.6 is 0 Å². The summed E-state index contributed by atoms with van der Waals surface area (Å²) in [5.74, 6) is -0.830. The van der Waals surface area contributed by atoms with Gasteiger partial charge in [-0.1, -0.05) is 18.2 Å². The third kappa shape index (κ3) is 2.89. The molecule has 0 aliphatic rings. The maximum Gasteiger partial charge on any atom is 0.307 e. The molecule has 0 unspecified atom stereocenters. The van der Waals surface area contributed by atoms with Gasteiger partial charge in [-0.05, 0) is 35.4 Å². The third-order valence-electron chi connectivity index (χ3n) is 4.16. The molecule has 6 nitrogen and oxygen atoms in total. The zero-order valence-corrected chi connectivity index (χ0v) is 13.6. The van der Waals surface area contributed by atoms with E-state index in [4.69, 9.17) is 5.11 Å².